The zero-order chi connectivity index (χ0) is 17.4. The van der Waals surface area contributed by atoms with Gasteiger partial charge >= 0.3 is 0 Å². The molecule has 2 aromatic rings. The molecule has 0 radical (unpaired) electrons. The van der Waals surface area contributed by atoms with Gasteiger partial charge in [0.15, 0.2) is 0 Å². The van der Waals surface area contributed by atoms with Crippen LogP contribution in [0.1, 0.15) is 12.0 Å². The van der Waals surface area contributed by atoms with E-state index in [9.17, 15) is 16.8 Å². The lowest BCUT2D eigenvalue weighted by Gasteiger charge is -2.29. The summed E-state index contributed by atoms with van der Waals surface area (Å²) in [6.07, 6.45) is 2.67. The van der Waals surface area contributed by atoms with Crippen LogP contribution in [0, 0.1) is 0 Å². The smallest absolute Gasteiger partial charge is 0.261 e. The zero-order valence-corrected chi connectivity index (χ0v) is 14.8. The molecule has 6 nitrogen and oxygen atoms in total. The van der Waals surface area contributed by atoms with E-state index < -0.39 is 20.0 Å². The summed E-state index contributed by atoms with van der Waals surface area (Å²) >= 11 is 0. The van der Waals surface area contributed by atoms with E-state index in [0.717, 1.165) is 24.7 Å². The first-order valence-corrected chi connectivity index (χ1v) is 10.8. The summed E-state index contributed by atoms with van der Waals surface area (Å²) in [5, 5.41) is 0. The normalized spacial score (nSPS) is 15.0. The Morgan fingerprint density at radius 1 is 1.00 bits per heavy atom. The summed E-state index contributed by atoms with van der Waals surface area (Å²) in [5.41, 5.74) is 1.78. The van der Waals surface area contributed by atoms with Crippen LogP contribution >= 0.6 is 0 Å². The van der Waals surface area contributed by atoms with Crippen molar-refractivity contribution in [2.24, 2.45) is 0 Å². The summed E-state index contributed by atoms with van der Waals surface area (Å²) in [4.78, 5) is 0.155. The Morgan fingerprint density at radius 3 is 2.38 bits per heavy atom. The van der Waals surface area contributed by atoms with Crippen LogP contribution in [0.25, 0.3) is 0 Å². The second kappa shape index (κ2) is 6.10. The minimum Gasteiger partial charge on any atom is -0.280 e. The molecule has 0 aromatic heterocycles. The Balaban J connectivity index is 1.97. The number of hydrogen-bond acceptors (Lipinski definition) is 4. The monoisotopic (exact) mass is 366 g/mol. The number of rotatable bonds is 4. The number of benzene rings is 2. The molecule has 2 aromatic carbocycles. The highest BCUT2D eigenvalue weighted by molar-refractivity contribution is 7.92. The van der Waals surface area contributed by atoms with Gasteiger partial charge in [0.25, 0.3) is 10.0 Å². The van der Waals surface area contributed by atoms with Crippen LogP contribution < -0.4 is 9.03 Å². The third kappa shape index (κ3) is 3.39. The molecule has 3 rings (SSSR count). The van der Waals surface area contributed by atoms with Gasteiger partial charge in [0.05, 0.1) is 22.5 Å². The number of hydrogen-bond donors (Lipinski definition) is 1. The maximum atomic E-state index is 12.4. The minimum atomic E-state index is -3.71. The molecule has 1 N–H and O–H groups in total. The maximum absolute atomic E-state index is 12.4. The minimum absolute atomic E-state index is 0.155. The van der Waals surface area contributed by atoms with Crippen molar-refractivity contribution in [1.82, 2.24) is 0 Å². The van der Waals surface area contributed by atoms with Crippen LogP contribution in [0.5, 0.6) is 0 Å². The molecular formula is C16H18N2O4S2. The summed E-state index contributed by atoms with van der Waals surface area (Å²) in [6.45, 7) is 0.403. The van der Waals surface area contributed by atoms with Gasteiger partial charge in [-0.1, -0.05) is 24.3 Å². The molecule has 8 heteroatoms. The van der Waals surface area contributed by atoms with E-state index in [0.29, 0.717) is 17.9 Å². The number of nitrogens with one attached hydrogen (secondary N) is 1. The molecule has 0 fully saturated rings. The predicted octanol–water partition coefficient (Wildman–Crippen LogP) is 2.20. The van der Waals surface area contributed by atoms with Crippen molar-refractivity contribution < 1.29 is 16.8 Å². The second-order valence-electron chi connectivity index (χ2n) is 5.70. The maximum Gasteiger partial charge on any atom is 0.261 e. The van der Waals surface area contributed by atoms with Crippen molar-refractivity contribution in [3.8, 4) is 0 Å². The van der Waals surface area contributed by atoms with Crippen molar-refractivity contribution in [2.45, 2.75) is 17.7 Å². The number of nitrogens with zero attached hydrogens (tertiary/aromatic N) is 1. The van der Waals surface area contributed by atoms with Crippen LogP contribution in [0.2, 0.25) is 0 Å². The molecule has 0 saturated heterocycles. The van der Waals surface area contributed by atoms with Crippen molar-refractivity contribution in [3.63, 3.8) is 0 Å². The molecule has 0 unspecified atom stereocenters. The van der Waals surface area contributed by atoms with Gasteiger partial charge in [0.1, 0.15) is 0 Å². The van der Waals surface area contributed by atoms with Crippen LogP contribution in [-0.4, -0.2) is 29.6 Å². The third-order valence-electron chi connectivity index (χ3n) is 3.87. The molecule has 0 saturated carbocycles. The summed E-state index contributed by atoms with van der Waals surface area (Å²) in [5.74, 6) is 0. The fraction of sp³-hybridized carbons (Fsp3) is 0.250. The molecule has 1 aliphatic heterocycles. The van der Waals surface area contributed by atoms with Crippen LogP contribution in [-0.2, 0) is 26.5 Å². The number of aryl methyl sites for hydroxylation is 1. The van der Waals surface area contributed by atoms with Crippen LogP contribution in [0.4, 0.5) is 11.4 Å². The summed E-state index contributed by atoms with van der Waals surface area (Å²) in [7, 11) is -7.11. The van der Waals surface area contributed by atoms with Gasteiger partial charge in [-0.25, -0.2) is 16.8 Å². The summed E-state index contributed by atoms with van der Waals surface area (Å²) in [6, 6.07) is 13.0. The molecule has 1 heterocycles. The van der Waals surface area contributed by atoms with E-state index in [2.05, 4.69) is 4.72 Å². The lowest BCUT2D eigenvalue weighted by atomic mass is 10.0. The van der Waals surface area contributed by atoms with E-state index in [4.69, 9.17) is 0 Å². The molecule has 1 aliphatic rings. The first-order chi connectivity index (χ1) is 11.3. The van der Waals surface area contributed by atoms with Gasteiger partial charge in [0, 0.05) is 6.54 Å². The van der Waals surface area contributed by atoms with Gasteiger partial charge in [-0.2, -0.15) is 0 Å². The van der Waals surface area contributed by atoms with Gasteiger partial charge in [0.2, 0.25) is 10.0 Å². The van der Waals surface area contributed by atoms with E-state index >= 15 is 0 Å². The Hall–Kier alpha value is -2.06. The molecule has 0 aliphatic carbocycles. The number of sulfonamides is 2. The van der Waals surface area contributed by atoms with E-state index in [1.54, 1.807) is 36.4 Å². The fourth-order valence-corrected chi connectivity index (χ4v) is 4.82. The Morgan fingerprint density at radius 2 is 1.71 bits per heavy atom. The first-order valence-electron chi connectivity index (χ1n) is 7.46. The Labute approximate surface area is 142 Å². The standard InChI is InChI=1S/C16H18N2O4S2/c1-23(19,20)18-11-5-6-13-9-10-14(12-16(13)18)17-24(21,22)15-7-3-2-4-8-15/h2-4,7-10,12,17H,5-6,11H2,1H3. The lowest BCUT2D eigenvalue weighted by molar-refractivity contribution is 0.592. The molecular weight excluding hydrogens is 348 g/mol. The summed E-state index contributed by atoms with van der Waals surface area (Å²) < 4.78 is 52.6. The Bertz CT molecular complexity index is 955. The average molecular weight is 366 g/mol. The molecule has 0 amide bonds. The number of anilines is 2. The molecule has 0 spiro atoms. The van der Waals surface area contributed by atoms with Crippen molar-refractivity contribution >= 4 is 31.4 Å². The van der Waals surface area contributed by atoms with Gasteiger partial charge in [-0.15, -0.1) is 0 Å². The van der Waals surface area contributed by atoms with E-state index in [-0.39, 0.29) is 4.90 Å². The highest BCUT2D eigenvalue weighted by Gasteiger charge is 2.25. The van der Waals surface area contributed by atoms with Crippen molar-refractivity contribution in [3.05, 3.63) is 54.1 Å². The molecule has 0 atom stereocenters. The lowest BCUT2D eigenvalue weighted by Crippen LogP contribution is -2.34. The molecule has 128 valence electrons. The zero-order valence-electron chi connectivity index (χ0n) is 13.1. The average Bonchev–Trinajstić information content (AvgIpc) is 2.54. The van der Waals surface area contributed by atoms with Gasteiger partial charge < -0.3 is 0 Å². The molecule has 0 bridgehead atoms. The molecule has 24 heavy (non-hydrogen) atoms. The van der Waals surface area contributed by atoms with E-state index in [1.807, 2.05) is 0 Å². The largest absolute Gasteiger partial charge is 0.280 e. The van der Waals surface area contributed by atoms with Crippen molar-refractivity contribution in [2.75, 3.05) is 21.8 Å². The highest BCUT2D eigenvalue weighted by Crippen LogP contribution is 2.32. The van der Waals surface area contributed by atoms with Gasteiger partial charge in [-0.3, -0.25) is 9.03 Å². The quantitative estimate of drug-likeness (QED) is 0.899. The fourth-order valence-electron chi connectivity index (χ4n) is 2.76. The van der Waals surface area contributed by atoms with Crippen LogP contribution in [0.3, 0.4) is 0 Å². The number of fused-ring (bicyclic) bond motifs is 1. The predicted molar refractivity (Wildman–Crippen MR) is 94.2 cm³/mol. The first kappa shape index (κ1) is 16.8. The third-order valence-corrected chi connectivity index (χ3v) is 6.44. The van der Waals surface area contributed by atoms with E-state index in [1.165, 1.54) is 16.4 Å². The highest BCUT2D eigenvalue weighted by atomic mass is 32.2. The second-order valence-corrected chi connectivity index (χ2v) is 9.29. The van der Waals surface area contributed by atoms with Crippen molar-refractivity contribution in [1.29, 1.82) is 0 Å². The van der Waals surface area contributed by atoms with Crippen LogP contribution in [0.15, 0.2) is 53.4 Å². The SMILES string of the molecule is CS(=O)(=O)N1CCCc2ccc(NS(=O)(=O)c3ccccc3)cc21. The van der Waals surface area contributed by atoms with Gasteiger partial charge in [-0.05, 0) is 42.7 Å². The Kier molecular flexibility index (Phi) is 4.27. The topological polar surface area (TPSA) is 83.6 Å².